The molecule has 0 aromatic heterocycles. The van der Waals surface area contributed by atoms with E-state index < -0.39 is 17.3 Å². The van der Waals surface area contributed by atoms with Gasteiger partial charge in [-0.15, -0.1) is 0 Å². The molecule has 0 atom stereocenters. The number of hydrogen-bond donors (Lipinski definition) is 1. The molecule has 0 aliphatic carbocycles. The number of aliphatic imine (C=N–C) groups is 1. The number of amidine groups is 1. The zero-order valence-electron chi connectivity index (χ0n) is 9.92. The van der Waals surface area contributed by atoms with Gasteiger partial charge in [0.25, 0.3) is 0 Å². The first-order chi connectivity index (χ1) is 9.33. The van der Waals surface area contributed by atoms with Gasteiger partial charge in [0.1, 0.15) is 0 Å². The lowest BCUT2D eigenvalue weighted by atomic mass is 10.1. The van der Waals surface area contributed by atoms with E-state index in [0.29, 0.717) is 0 Å². The van der Waals surface area contributed by atoms with E-state index in [4.69, 9.17) is 10.5 Å². The summed E-state index contributed by atoms with van der Waals surface area (Å²) in [6, 6.07) is 3.30. The SMILES string of the molecule is CSC(=Nc1cc(C(F)(F)F)c(C#N)cc1Br)NC#N. The van der Waals surface area contributed by atoms with Crippen LogP contribution in [0, 0.1) is 22.8 Å². The molecule has 0 amide bonds. The maximum atomic E-state index is 12.8. The molecule has 0 unspecified atom stereocenters. The van der Waals surface area contributed by atoms with Crippen molar-refractivity contribution in [1.82, 2.24) is 5.32 Å². The highest BCUT2D eigenvalue weighted by Crippen LogP contribution is 2.38. The number of alkyl halides is 3. The van der Waals surface area contributed by atoms with Gasteiger partial charge in [0, 0.05) is 4.47 Å². The monoisotopic (exact) mass is 362 g/mol. The van der Waals surface area contributed by atoms with Gasteiger partial charge in [-0.25, -0.2) is 4.99 Å². The summed E-state index contributed by atoms with van der Waals surface area (Å²) in [6.07, 6.45) is -1.40. The summed E-state index contributed by atoms with van der Waals surface area (Å²) in [5.74, 6) is 0. The Morgan fingerprint density at radius 3 is 2.50 bits per heavy atom. The zero-order valence-corrected chi connectivity index (χ0v) is 12.3. The van der Waals surface area contributed by atoms with Crippen molar-refractivity contribution in [3.8, 4) is 12.3 Å². The van der Waals surface area contributed by atoms with Gasteiger partial charge in [0.15, 0.2) is 11.4 Å². The molecule has 4 nitrogen and oxygen atoms in total. The molecule has 0 aliphatic rings. The molecular weight excluding hydrogens is 357 g/mol. The molecular formula is C11H6BrF3N4S. The molecule has 1 rings (SSSR count). The van der Waals surface area contributed by atoms with E-state index in [9.17, 15) is 13.2 Å². The Kier molecular flexibility index (Phi) is 5.43. The largest absolute Gasteiger partial charge is 0.417 e. The predicted molar refractivity (Wildman–Crippen MR) is 73.2 cm³/mol. The van der Waals surface area contributed by atoms with Gasteiger partial charge in [-0.2, -0.15) is 23.7 Å². The second-order valence-electron chi connectivity index (χ2n) is 3.32. The van der Waals surface area contributed by atoms with Crippen molar-refractivity contribution in [2.45, 2.75) is 6.18 Å². The van der Waals surface area contributed by atoms with E-state index in [1.54, 1.807) is 12.4 Å². The molecule has 0 radical (unpaired) electrons. The summed E-state index contributed by atoms with van der Waals surface area (Å²) in [7, 11) is 0. The number of benzene rings is 1. The van der Waals surface area contributed by atoms with Crippen molar-refractivity contribution >= 4 is 38.5 Å². The first-order valence-corrected chi connectivity index (χ1v) is 6.94. The van der Waals surface area contributed by atoms with Crippen LogP contribution in [-0.4, -0.2) is 11.4 Å². The van der Waals surface area contributed by atoms with E-state index >= 15 is 0 Å². The quantitative estimate of drug-likeness (QED) is 0.357. The smallest absolute Gasteiger partial charge is 0.271 e. The van der Waals surface area contributed by atoms with Crippen LogP contribution in [0.1, 0.15) is 11.1 Å². The minimum Gasteiger partial charge on any atom is -0.271 e. The summed E-state index contributed by atoms with van der Waals surface area (Å²) < 4.78 is 38.7. The molecule has 104 valence electrons. The van der Waals surface area contributed by atoms with E-state index in [0.717, 1.165) is 23.9 Å². The molecule has 0 aliphatic heterocycles. The van der Waals surface area contributed by atoms with Crippen LogP contribution in [0.25, 0.3) is 0 Å². The van der Waals surface area contributed by atoms with Crippen molar-refractivity contribution in [2.75, 3.05) is 6.26 Å². The first-order valence-electron chi connectivity index (χ1n) is 4.92. The van der Waals surface area contributed by atoms with Crippen LogP contribution in [0.15, 0.2) is 21.6 Å². The molecule has 0 heterocycles. The number of rotatable bonds is 1. The Morgan fingerprint density at radius 1 is 1.40 bits per heavy atom. The Bertz CT molecular complexity index is 628. The maximum Gasteiger partial charge on any atom is 0.417 e. The number of nitrogens with one attached hydrogen (secondary N) is 1. The molecule has 1 N–H and O–H groups in total. The highest BCUT2D eigenvalue weighted by atomic mass is 79.9. The Labute approximate surface area is 125 Å². The van der Waals surface area contributed by atoms with Crippen LogP contribution >= 0.6 is 27.7 Å². The predicted octanol–water partition coefficient (Wildman–Crippen LogP) is 3.76. The topological polar surface area (TPSA) is 72.0 Å². The van der Waals surface area contributed by atoms with Gasteiger partial charge in [-0.3, -0.25) is 5.32 Å². The highest BCUT2D eigenvalue weighted by Gasteiger charge is 2.34. The van der Waals surface area contributed by atoms with Crippen LogP contribution in [0.3, 0.4) is 0 Å². The maximum absolute atomic E-state index is 12.8. The minimum absolute atomic E-state index is 0.0246. The standard InChI is InChI=1S/C11H6BrF3N4S/c1-20-10(18-5-17)19-9-3-7(11(13,14)15)6(4-16)2-8(9)12/h2-3H,1H3,(H,18,19). The lowest BCUT2D eigenvalue weighted by molar-refractivity contribution is -0.137. The number of thioether (sulfide) groups is 1. The summed E-state index contributed by atoms with van der Waals surface area (Å²) in [5, 5.41) is 19.6. The first kappa shape index (κ1) is 16.3. The van der Waals surface area contributed by atoms with Gasteiger partial charge in [-0.05, 0) is 34.3 Å². The van der Waals surface area contributed by atoms with Gasteiger partial charge in [0.05, 0.1) is 22.9 Å². The average Bonchev–Trinajstić information content (AvgIpc) is 2.38. The summed E-state index contributed by atoms with van der Waals surface area (Å²) >= 11 is 4.12. The third-order valence-electron chi connectivity index (χ3n) is 2.09. The Balaban J connectivity index is 3.44. The number of nitrogens with zero attached hydrogens (tertiary/aromatic N) is 3. The number of halogens is 4. The molecule has 0 saturated heterocycles. The van der Waals surface area contributed by atoms with Crippen molar-refractivity contribution < 1.29 is 13.2 Å². The van der Waals surface area contributed by atoms with E-state index in [2.05, 4.69) is 26.2 Å². The van der Waals surface area contributed by atoms with E-state index in [1.165, 1.54) is 6.07 Å². The lowest BCUT2D eigenvalue weighted by Gasteiger charge is -2.11. The molecule has 0 saturated carbocycles. The second kappa shape index (κ2) is 6.64. The van der Waals surface area contributed by atoms with Gasteiger partial charge >= 0.3 is 6.18 Å². The van der Waals surface area contributed by atoms with Crippen LogP contribution in [0.4, 0.5) is 18.9 Å². The van der Waals surface area contributed by atoms with Crippen LogP contribution < -0.4 is 5.32 Å². The third kappa shape index (κ3) is 3.89. The Hall–Kier alpha value is -1.71. The van der Waals surface area contributed by atoms with E-state index in [-0.39, 0.29) is 15.3 Å². The number of hydrogen-bond acceptors (Lipinski definition) is 4. The minimum atomic E-state index is -4.65. The zero-order chi connectivity index (χ0) is 15.3. The van der Waals surface area contributed by atoms with Crippen molar-refractivity contribution in [2.24, 2.45) is 4.99 Å². The fraction of sp³-hybridized carbons (Fsp3) is 0.182. The van der Waals surface area contributed by atoms with Crippen LogP contribution in [0.5, 0.6) is 0 Å². The highest BCUT2D eigenvalue weighted by molar-refractivity contribution is 9.10. The van der Waals surface area contributed by atoms with Gasteiger partial charge < -0.3 is 0 Å². The molecule has 0 spiro atoms. The molecule has 9 heteroatoms. The van der Waals surface area contributed by atoms with Gasteiger partial charge in [0.2, 0.25) is 0 Å². The van der Waals surface area contributed by atoms with Gasteiger partial charge in [-0.1, -0.05) is 11.8 Å². The second-order valence-corrected chi connectivity index (χ2v) is 4.97. The number of nitriles is 2. The third-order valence-corrected chi connectivity index (χ3v) is 3.31. The van der Waals surface area contributed by atoms with Crippen LogP contribution in [0.2, 0.25) is 0 Å². The molecule has 20 heavy (non-hydrogen) atoms. The molecule has 1 aromatic carbocycles. The lowest BCUT2D eigenvalue weighted by Crippen LogP contribution is -2.13. The van der Waals surface area contributed by atoms with Crippen molar-refractivity contribution in [1.29, 1.82) is 10.5 Å². The average molecular weight is 363 g/mol. The Morgan fingerprint density at radius 2 is 2.05 bits per heavy atom. The van der Waals surface area contributed by atoms with Crippen molar-refractivity contribution in [3.05, 3.63) is 27.7 Å². The van der Waals surface area contributed by atoms with Crippen molar-refractivity contribution in [3.63, 3.8) is 0 Å². The molecule has 0 bridgehead atoms. The van der Waals surface area contributed by atoms with E-state index in [1.807, 2.05) is 0 Å². The van der Waals surface area contributed by atoms with Crippen LogP contribution in [-0.2, 0) is 6.18 Å². The normalized spacial score (nSPS) is 11.7. The summed E-state index contributed by atoms with van der Waals surface area (Å²) in [6.45, 7) is 0. The summed E-state index contributed by atoms with van der Waals surface area (Å²) in [5.41, 5.74) is -1.59. The molecule has 0 fully saturated rings. The molecule has 1 aromatic rings. The fourth-order valence-corrected chi connectivity index (χ4v) is 2.03. The summed E-state index contributed by atoms with van der Waals surface area (Å²) in [4.78, 5) is 3.91. The fourth-order valence-electron chi connectivity index (χ4n) is 1.26.